The van der Waals surface area contributed by atoms with Gasteiger partial charge in [-0.05, 0) is 25.1 Å². The molecule has 1 heterocycles. The van der Waals surface area contributed by atoms with Crippen LogP contribution in [0.5, 0.6) is 0 Å². The number of fused-ring (bicyclic) bond motifs is 1. The quantitative estimate of drug-likeness (QED) is 0.398. The van der Waals surface area contributed by atoms with E-state index < -0.39 is 4.92 Å². The fourth-order valence-corrected chi connectivity index (χ4v) is 2.97. The van der Waals surface area contributed by atoms with Gasteiger partial charge in [0.15, 0.2) is 0 Å². The summed E-state index contributed by atoms with van der Waals surface area (Å²) in [4.78, 5) is 20.1. The maximum Gasteiger partial charge on any atom is 0.292 e. The molecule has 0 saturated heterocycles. The lowest BCUT2D eigenvalue weighted by Gasteiger charge is -2.11. The first-order valence-electron chi connectivity index (χ1n) is 8.46. The van der Waals surface area contributed by atoms with Crippen LogP contribution < -0.4 is 5.32 Å². The van der Waals surface area contributed by atoms with Crippen LogP contribution in [-0.4, -0.2) is 14.9 Å². The third-order valence-corrected chi connectivity index (χ3v) is 4.25. The van der Waals surface area contributed by atoms with Crippen LogP contribution in [0.4, 0.5) is 17.3 Å². The van der Waals surface area contributed by atoms with E-state index in [0.717, 1.165) is 27.7 Å². The summed E-state index contributed by atoms with van der Waals surface area (Å²) >= 11 is 0. The van der Waals surface area contributed by atoms with Crippen molar-refractivity contribution < 1.29 is 4.92 Å². The molecule has 0 aliphatic rings. The fraction of sp³-hybridized carbons (Fsp3) is 0.0476. The first-order chi connectivity index (χ1) is 13.1. The minimum atomic E-state index is -0.426. The summed E-state index contributed by atoms with van der Waals surface area (Å²) in [6, 6.07) is 22.2. The average molecular weight is 356 g/mol. The van der Waals surface area contributed by atoms with Crippen LogP contribution >= 0.6 is 0 Å². The molecule has 0 aliphatic carbocycles. The Bertz CT molecular complexity index is 1140. The number of aromatic nitrogens is 2. The average Bonchev–Trinajstić information content (AvgIpc) is 2.68. The predicted octanol–water partition coefficient (Wildman–Crippen LogP) is 5.26. The van der Waals surface area contributed by atoms with E-state index >= 15 is 0 Å². The van der Waals surface area contributed by atoms with Gasteiger partial charge in [-0.3, -0.25) is 10.1 Å². The monoisotopic (exact) mass is 356 g/mol. The molecule has 1 N–H and O–H groups in total. The summed E-state index contributed by atoms with van der Waals surface area (Å²) < 4.78 is 0. The molecule has 4 aromatic rings. The Morgan fingerprint density at radius 2 is 1.67 bits per heavy atom. The Morgan fingerprint density at radius 3 is 2.44 bits per heavy atom. The van der Waals surface area contributed by atoms with E-state index in [-0.39, 0.29) is 5.69 Å². The molecule has 0 bridgehead atoms. The summed E-state index contributed by atoms with van der Waals surface area (Å²) in [7, 11) is 0. The maximum atomic E-state index is 11.3. The molecule has 0 fully saturated rings. The zero-order chi connectivity index (χ0) is 18.8. The summed E-state index contributed by atoms with van der Waals surface area (Å²) in [5.74, 6) is 0.319. The van der Waals surface area contributed by atoms with Crippen molar-refractivity contribution in [1.29, 1.82) is 0 Å². The van der Waals surface area contributed by atoms with Crippen LogP contribution in [0, 0.1) is 17.0 Å². The van der Waals surface area contributed by atoms with Crippen molar-refractivity contribution in [2.24, 2.45) is 0 Å². The highest BCUT2D eigenvalue weighted by Gasteiger charge is 2.15. The van der Waals surface area contributed by atoms with E-state index in [1.165, 1.54) is 6.07 Å². The largest absolute Gasteiger partial charge is 0.318 e. The number of anilines is 2. The van der Waals surface area contributed by atoms with Crippen LogP contribution in [-0.2, 0) is 0 Å². The van der Waals surface area contributed by atoms with Gasteiger partial charge in [0, 0.05) is 17.0 Å². The van der Waals surface area contributed by atoms with Crippen LogP contribution in [0.3, 0.4) is 0 Å². The molecule has 27 heavy (non-hydrogen) atoms. The Labute approximate surface area is 155 Å². The van der Waals surface area contributed by atoms with Gasteiger partial charge in [-0.15, -0.1) is 0 Å². The molecule has 0 atom stereocenters. The number of nitro groups is 1. The Balaban J connectivity index is 1.88. The molecular formula is C21H16N4O2. The van der Waals surface area contributed by atoms with Crippen LogP contribution in [0.25, 0.3) is 22.2 Å². The van der Waals surface area contributed by atoms with Crippen LogP contribution in [0.2, 0.25) is 0 Å². The van der Waals surface area contributed by atoms with Crippen molar-refractivity contribution in [3.8, 4) is 11.3 Å². The van der Waals surface area contributed by atoms with Crippen LogP contribution in [0.1, 0.15) is 5.56 Å². The third kappa shape index (κ3) is 3.32. The van der Waals surface area contributed by atoms with E-state index in [9.17, 15) is 10.1 Å². The third-order valence-electron chi connectivity index (χ3n) is 4.25. The van der Waals surface area contributed by atoms with Crippen molar-refractivity contribution in [1.82, 2.24) is 9.97 Å². The second-order valence-electron chi connectivity index (χ2n) is 6.18. The van der Waals surface area contributed by atoms with E-state index in [1.807, 2.05) is 55.5 Å². The number of nitrogens with one attached hydrogen (secondary N) is 1. The Hall–Kier alpha value is -3.80. The maximum absolute atomic E-state index is 11.3. The molecule has 6 nitrogen and oxygen atoms in total. The minimum absolute atomic E-state index is 0.0219. The van der Waals surface area contributed by atoms with Gasteiger partial charge in [0.1, 0.15) is 5.69 Å². The molecule has 4 rings (SSSR count). The Kier molecular flexibility index (Phi) is 4.22. The summed E-state index contributed by atoms with van der Waals surface area (Å²) in [6.45, 7) is 2.02. The normalized spacial score (nSPS) is 10.7. The van der Waals surface area contributed by atoms with Crippen molar-refractivity contribution in [3.05, 3.63) is 88.5 Å². The van der Waals surface area contributed by atoms with Crippen LogP contribution in [0.15, 0.2) is 72.8 Å². The number of aryl methyl sites for hydroxylation is 1. The van der Waals surface area contributed by atoms with E-state index in [1.54, 1.807) is 18.2 Å². The number of benzene rings is 3. The molecule has 0 radical (unpaired) electrons. The summed E-state index contributed by atoms with van der Waals surface area (Å²) in [5.41, 5.74) is 3.96. The molecule has 0 spiro atoms. The first-order valence-corrected chi connectivity index (χ1v) is 8.46. The van der Waals surface area contributed by atoms with Gasteiger partial charge >= 0.3 is 0 Å². The molecule has 1 aromatic heterocycles. The van der Waals surface area contributed by atoms with E-state index in [4.69, 9.17) is 0 Å². The number of hydrogen-bond acceptors (Lipinski definition) is 5. The molecule has 0 saturated carbocycles. The second-order valence-corrected chi connectivity index (χ2v) is 6.18. The number of hydrogen-bond donors (Lipinski definition) is 1. The molecule has 0 unspecified atom stereocenters. The van der Waals surface area contributed by atoms with Crippen molar-refractivity contribution in [2.75, 3.05) is 5.32 Å². The van der Waals surface area contributed by atoms with Gasteiger partial charge in [-0.2, -0.15) is 0 Å². The highest BCUT2D eigenvalue weighted by atomic mass is 16.6. The molecule has 0 amide bonds. The summed E-state index contributed by atoms with van der Waals surface area (Å²) in [5, 5.41) is 15.2. The van der Waals surface area contributed by atoms with Crippen molar-refractivity contribution >= 4 is 28.2 Å². The van der Waals surface area contributed by atoms with E-state index in [0.29, 0.717) is 11.6 Å². The lowest BCUT2D eigenvalue weighted by Crippen LogP contribution is -2.02. The van der Waals surface area contributed by atoms with Gasteiger partial charge < -0.3 is 5.32 Å². The number of nitrogens with zero attached hydrogens (tertiary/aromatic N) is 3. The topological polar surface area (TPSA) is 81.0 Å². The second kappa shape index (κ2) is 6.84. The standard InChI is InChI=1S/C21H16N4O2/c1-14-11-12-17-16(13-14)20(15-7-3-2-4-8-15)24-21(22-17)23-18-9-5-6-10-19(18)25(26)27/h2-13H,1H3,(H,22,23,24). The van der Waals surface area contributed by atoms with Gasteiger partial charge in [-0.1, -0.05) is 54.1 Å². The zero-order valence-corrected chi connectivity index (χ0v) is 14.6. The smallest absolute Gasteiger partial charge is 0.292 e. The number of rotatable bonds is 4. The van der Waals surface area contributed by atoms with Crippen molar-refractivity contribution in [2.45, 2.75) is 6.92 Å². The highest BCUT2D eigenvalue weighted by Crippen LogP contribution is 2.31. The van der Waals surface area contributed by atoms with Gasteiger partial charge in [0.2, 0.25) is 5.95 Å². The molecular weight excluding hydrogens is 340 g/mol. The van der Waals surface area contributed by atoms with Gasteiger partial charge in [0.05, 0.1) is 16.1 Å². The Morgan fingerprint density at radius 1 is 0.926 bits per heavy atom. The van der Waals surface area contributed by atoms with Gasteiger partial charge in [0.25, 0.3) is 5.69 Å². The zero-order valence-electron chi connectivity index (χ0n) is 14.6. The van der Waals surface area contributed by atoms with E-state index in [2.05, 4.69) is 15.3 Å². The molecule has 3 aromatic carbocycles. The SMILES string of the molecule is Cc1ccc2nc(Nc3ccccc3[N+](=O)[O-])nc(-c3ccccc3)c2c1. The minimum Gasteiger partial charge on any atom is -0.318 e. The lowest BCUT2D eigenvalue weighted by molar-refractivity contribution is -0.383. The lowest BCUT2D eigenvalue weighted by atomic mass is 10.0. The van der Waals surface area contributed by atoms with Crippen molar-refractivity contribution in [3.63, 3.8) is 0 Å². The fourth-order valence-electron chi connectivity index (χ4n) is 2.97. The first kappa shape index (κ1) is 16.7. The molecule has 0 aliphatic heterocycles. The highest BCUT2D eigenvalue weighted by molar-refractivity contribution is 5.93. The number of nitro benzene ring substituents is 1. The summed E-state index contributed by atoms with van der Waals surface area (Å²) in [6.07, 6.45) is 0. The number of para-hydroxylation sites is 2. The molecule has 6 heteroatoms. The predicted molar refractivity (Wildman–Crippen MR) is 106 cm³/mol. The van der Waals surface area contributed by atoms with Gasteiger partial charge in [-0.25, -0.2) is 9.97 Å². The molecule has 132 valence electrons.